The number of methoxy groups -OCH3 is 3. The average Bonchev–Trinajstić information content (AvgIpc) is 3.46. The quantitative estimate of drug-likeness (QED) is 0.0865. The second kappa shape index (κ2) is 14.1. The van der Waals surface area contributed by atoms with E-state index in [0.717, 1.165) is 22.0 Å². The number of rotatable bonds is 12. The zero-order valence-electron chi connectivity index (χ0n) is 29.8. The Bertz CT molecular complexity index is 2060. The number of alkyl halides is 3. The number of ether oxygens (including phenoxy) is 3. The van der Waals surface area contributed by atoms with E-state index in [1.54, 1.807) is 6.07 Å². The van der Waals surface area contributed by atoms with Gasteiger partial charge in [-0.25, -0.2) is 0 Å². The number of para-hydroxylation sites is 1. The van der Waals surface area contributed by atoms with Gasteiger partial charge in [-0.3, -0.25) is 4.79 Å². The number of aryl methyl sites for hydroxylation is 1. The van der Waals surface area contributed by atoms with E-state index in [2.05, 4.69) is 44.2 Å². The third-order valence-electron chi connectivity index (χ3n) is 9.73. The van der Waals surface area contributed by atoms with Crippen molar-refractivity contribution in [2.24, 2.45) is 0 Å². The molecule has 0 bridgehead atoms. The molecule has 1 aliphatic rings. The van der Waals surface area contributed by atoms with Gasteiger partial charge in [0.2, 0.25) is 5.75 Å². The molecule has 1 aromatic heterocycles. The molecule has 276 valence electrons. The van der Waals surface area contributed by atoms with Crippen LogP contribution in [0, 0.1) is 0 Å². The van der Waals surface area contributed by atoms with Crippen LogP contribution in [0.2, 0.25) is 18.1 Å². The highest BCUT2D eigenvalue weighted by Crippen LogP contribution is 2.49. The molecule has 15 heteroatoms. The summed E-state index contributed by atoms with van der Waals surface area (Å²) >= 11 is 0. The summed E-state index contributed by atoms with van der Waals surface area (Å²) in [7, 11) is -4.05. The highest BCUT2D eigenvalue weighted by atomic mass is 32.2. The van der Waals surface area contributed by atoms with E-state index in [-0.39, 0.29) is 18.1 Å². The molecule has 10 nitrogen and oxygen atoms in total. The lowest BCUT2D eigenvalue weighted by molar-refractivity contribution is -0.0500. The van der Waals surface area contributed by atoms with Crippen LogP contribution in [0.15, 0.2) is 48.7 Å². The summed E-state index contributed by atoms with van der Waals surface area (Å²) in [6, 6.07) is 11.2. The molecule has 0 radical (unpaired) electrons. The lowest BCUT2D eigenvalue weighted by Gasteiger charge is -2.37. The number of aromatic amines is 1. The van der Waals surface area contributed by atoms with Crippen molar-refractivity contribution in [1.82, 2.24) is 10.3 Å². The summed E-state index contributed by atoms with van der Waals surface area (Å²) in [6.45, 7) is 10.5. The van der Waals surface area contributed by atoms with Crippen LogP contribution in [0.4, 0.5) is 13.2 Å². The maximum Gasteiger partial charge on any atom is 0.534 e. The van der Waals surface area contributed by atoms with Gasteiger partial charge in [0.05, 0.1) is 39.5 Å². The lowest BCUT2D eigenvalue weighted by Crippen LogP contribution is -2.47. The van der Waals surface area contributed by atoms with E-state index in [9.17, 15) is 26.4 Å². The third-order valence-corrected chi connectivity index (χ3v) is 15.2. The summed E-state index contributed by atoms with van der Waals surface area (Å²) in [5.41, 5.74) is -2.09. The minimum absolute atomic E-state index is 0.0980. The molecule has 5 rings (SSSR count). The summed E-state index contributed by atoms with van der Waals surface area (Å²) in [6.07, 6.45) is 2.80. The van der Waals surface area contributed by atoms with Gasteiger partial charge in [0.15, 0.2) is 25.6 Å². The van der Waals surface area contributed by atoms with E-state index in [1.165, 1.54) is 33.5 Å². The van der Waals surface area contributed by atoms with Crippen LogP contribution in [0.1, 0.15) is 47.8 Å². The Balaban J connectivity index is 1.62. The Kier molecular flexibility index (Phi) is 10.5. The van der Waals surface area contributed by atoms with Gasteiger partial charge < -0.3 is 33.1 Å². The zero-order valence-corrected chi connectivity index (χ0v) is 31.6. The van der Waals surface area contributed by atoms with Crippen LogP contribution >= 0.6 is 0 Å². The molecule has 1 aliphatic carbocycles. The highest BCUT2D eigenvalue weighted by Gasteiger charge is 2.49. The first kappa shape index (κ1) is 38.0. The van der Waals surface area contributed by atoms with Crippen LogP contribution in [0.3, 0.4) is 0 Å². The lowest BCUT2D eigenvalue weighted by atomic mass is 9.83. The van der Waals surface area contributed by atoms with Crippen LogP contribution in [0.25, 0.3) is 22.0 Å². The number of carbonyl (C=O) groups excluding carboxylic acids is 1. The summed E-state index contributed by atoms with van der Waals surface area (Å²) < 4.78 is 93.5. The maximum absolute atomic E-state index is 14.3. The fourth-order valence-electron chi connectivity index (χ4n) is 5.96. The number of benzene rings is 3. The second-order valence-corrected chi connectivity index (χ2v) is 20.3. The van der Waals surface area contributed by atoms with Crippen molar-refractivity contribution in [3.63, 3.8) is 0 Å². The number of nitrogens with one attached hydrogen (secondary N) is 2. The Morgan fingerprint density at radius 2 is 1.63 bits per heavy atom. The smallest absolute Gasteiger partial charge is 0.493 e. The molecular formula is C36H43F3N2O8SSi. The number of fused-ring (bicyclic) bond motifs is 4. The zero-order chi connectivity index (χ0) is 37.5. The molecule has 4 aromatic rings. The van der Waals surface area contributed by atoms with Crippen LogP contribution < -0.4 is 23.7 Å². The number of halogens is 3. The fourth-order valence-corrected chi connectivity index (χ4v) is 7.48. The minimum Gasteiger partial charge on any atom is -0.493 e. The summed E-state index contributed by atoms with van der Waals surface area (Å²) in [5, 5.41) is 3.73. The molecule has 1 atom stereocenters. The molecule has 0 saturated heterocycles. The van der Waals surface area contributed by atoms with Crippen molar-refractivity contribution in [1.29, 1.82) is 0 Å². The highest BCUT2D eigenvalue weighted by molar-refractivity contribution is 7.88. The van der Waals surface area contributed by atoms with Gasteiger partial charge >= 0.3 is 15.6 Å². The Labute approximate surface area is 296 Å². The van der Waals surface area contributed by atoms with Gasteiger partial charge in [0.1, 0.15) is 0 Å². The molecule has 0 spiro atoms. The summed E-state index contributed by atoms with van der Waals surface area (Å²) in [4.78, 5) is 17.5. The first-order valence-corrected chi connectivity index (χ1v) is 20.6. The molecule has 2 N–H and O–H groups in total. The standard InChI is InChI=1S/C36H43F3N2O8SSi/c1-35(2,3)51(7,8)48-20-23(15-22-19-40-29-12-10-9-11-24(22)29)41-34(42)28-17-26-21(16-30(28)49-50(43,44)36(37,38)39)13-14-25-27(26)18-31(45-4)33(47-6)32(25)46-5/h9-12,16-19,23,40H,13-15,20H2,1-8H3,(H,41,42). The molecule has 3 aromatic carbocycles. The van der Waals surface area contributed by atoms with E-state index in [0.29, 0.717) is 46.8 Å². The predicted molar refractivity (Wildman–Crippen MR) is 191 cm³/mol. The largest absolute Gasteiger partial charge is 0.534 e. The number of hydrogen-bond acceptors (Lipinski definition) is 8. The van der Waals surface area contributed by atoms with E-state index in [1.807, 2.05) is 30.5 Å². The topological polar surface area (TPSA) is 125 Å². The third kappa shape index (κ3) is 7.56. The second-order valence-electron chi connectivity index (χ2n) is 14.0. The molecule has 1 heterocycles. The molecule has 51 heavy (non-hydrogen) atoms. The Morgan fingerprint density at radius 3 is 2.25 bits per heavy atom. The number of aromatic nitrogens is 1. The molecule has 1 amide bonds. The van der Waals surface area contributed by atoms with Crippen molar-refractivity contribution in [3.05, 3.63) is 70.9 Å². The Morgan fingerprint density at radius 1 is 0.941 bits per heavy atom. The molecule has 0 fully saturated rings. The van der Waals surface area contributed by atoms with Crippen molar-refractivity contribution >= 4 is 35.2 Å². The van der Waals surface area contributed by atoms with E-state index < -0.39 is 47.2 Å². The van der Waals surface area contributed by atoms with Crippen molar-refractivity contribution in [2.45, 2.75) is 69.7 Å². The molecule has 0 saturated carbocycles. The maximum atomic E-state index is 14.3. The van der Waals surface area contributed by atoms with E-state index in [4.69, 9.17) is 22.8 Å². The SMILES string of the molecule is COc1cc2c(c(OC)c1OC)CCc1cc(OS(=O)(=O)C(F)(F)F)c(C(=O)NC(CO[Si](C)(C)C(C)(C)C)Cc3c[nH]c4ccccc34)cc1-2. The number of H-pyrrole nitrogens is 1. The Hall–Kier alpha value is -4.21. The minimum atomic E-state index is -6.12. The van der Waals surface area contributed by atoms with Crippen molar-refractivity contribution in [3.8, 4) is 34.1 Å². The van der Waals surface area contributed by atoms with Crippen LogP contribution in [-0.4, -0.2) is 67.1 Å². The van der Waals surface area contributed by atoms with Crippen LogP contribution in [-0.2, 0) is 33.8 Å². The van der Waals surface area contributed by atoms with Gasteiger partial charge in [-0.1, -0.05) is 39.0 Å². The monoisotopic (exact) mass is 748 g/mol. The van der Waals surface area contributed by atoms with Crippen LogP contribution in [0.5, 0.6) is 23.0 Å². The van der Waals surface area contributed by atoms with Gasteiger partial charge in [-0.15, -0.1) is 0 Å². The fraction of sp³-hybridized carbons (Fsp3) is 0.417. The number of hydrogen-bond donors (Lipinski definition) is 2. The number of amides is 1. The van der Waals surface area contributed by atoms with Gasteiger partial charge in [-0.2, -0.15) is 21.6 Å². The molecule has 0 aliphatic heterocycles. The molecule has 1 unspecified atom stereocenters. The van der Waals surface area contributed by atoms with Crippen molar-refractivity contribution < 1.29 is 49.2 Å². The van der Waals surface area contributed by atoms with Gasteiger partial charge in [0.25, 0.3) is 5.91 Å². The number of carbonyl (C=O) groups is 1. The molecular weight excluding hydrogens is 706 g/mol. The van der Waals surface area contributed by atoms with E-state index >= 15 is 0 Å². The predicted octanol–water partition coefficient (Wildman–Crippen LogP) is 7.55. The van der Waals surface area contributed by atoms with Gasteiger partial charge in [0, 0.05) is 22.7 Å². The average molecular weight is 749 g/mol. The van der Waals surface area contributed by atoms with Crippen molar-refractivity contribution in [2.75, 3.05) is 27.9 Å². The summed E-state index contributed by atoms with van der Waals surface area (Å²) in [5.74, 6) is -0.485. The first-order chi connectivity index (χ1) is 23.8. The first-order valence-electron chi connectivity index (χ1n) is 16.3. The normalized spacial score (nSPS) is 14.0. The van der Waals surface area contributed by atoms with Gasteiger partial charge in [-0.05, 0) is 83.9 Å².